The highest BCUT2D eigenvalue weighted by Crippen LogP contribution is 2.27. The molecule has 160 valence electrons. The number of nitrogens with zero attached hydrogens (tertiary/aromatic N) is 6. The second kappa shape index (κ2) is 10.7. The van der Waals surface area contributed by atoms with Crippen molar-refractivity contribution in [3.8, 4) is 0 Å². The molecule has 0 saturated heterocycles. The fourth-order valence-corrected chi connectivity index (χ4v) is 4.53. The fourth-order valence-electron chi connectivity index (χ4n) is 3.32. The Morgan fingerprint density at radius 1 is 1.31 bits per heavy atom. The zero-order chi connectivity index (χ0) is 20.6. The molecule has 1 aliphatic carbocycles. The van der Waals surface area contributed by atoms with Crippen molar-refractivity contribution in [1.82, 2.24) is 30.0 Å². The van der Waals surface area contributed by atoms with Crippen LogP contribution < -0.4 is 5.32 Å². The highest BCUT2D eigenvalue weighted by Gasteiger charge is 2.17. The SMILES string of the molecule is CCOCCCNC(=NCc1nnc(C)n1C)N(C)Cc1nc2c(s1)CCCC2. The Morgan fingerprint density at radius 2 is 2.14 bits per heavy atom. The number of fused-ring (bicyclic) bond motifs is 1. The molecule has 0 aliphatic heterocycles. The van der Waals surface area contributed by atoms with Crippen LogP contribution in [0.4, 0.5) is 0 Å². The molecule has 0 amide bonds. The van der Waals surface area contributed by atoms with E-state index in [-0.39, 0.29) is 0 Å². The number of ether oxygens (including phenoxy) is 1. The van der Waals surface area contributed by atoms with Crippen molar-refractivity contribution >= 4 is 17.3 Å². The maximum Gasteiger partial charge on any atom is 0.194 e. The summed E-state index contributed by atoms with van der Waals surface area (Å²) in [6.45, 7) is 7.53. The third-order valence-electron chi connectivity index (χ3n) is 5.13. The number of rotatable bonds is 9. The fraction of sp³-hybridized carbons (Fsp3) is 0.700. The average Bonchev–Trinajstić information content (AvgIpc) is 3.27. The topological polar surface area (TPSA) is 80.5 Å². The molecule has 2 heterocycles. The molecule has 0 saturated carbocycles. The lowest BCUT2D eigenvalue weighted by atomic mass is 10.0. The third kappa shape index (κ3) is 5.99. The van der Waals surface area contributed by atoms with Crippen LogP contribution in [0.1, 0.15) is 53.4 Å². The zero-order valence-electron chi connectivity index (χ0n) is 18.1. The van der Waals surface area contributed by atoms with E-state index < -0.39 is 0 Å². The molecule has 0 radical (unpaired) electrons. The highest BCUT2D eigenvalue weighted by molar-refractivity contribution is 7.11. The lowest BCUT2D eigenvalue weighted by molar-refractivity contribution is 0.145. The van der Waals surface area contributed by atoms with Crippen LogP contribution in [0.25, 0.3) is 0 Å². The van der Waals surface area contributed by atoms with Gasteiger partial charge in [0.1, 0.15) is 17.4 Å². The molecule has 29 heavy (non-hydrogen) atoms. The lowest BCUT2D eigenvalue weighted by Gasteiger charge is -2.21. The normalized spacial score (nSPS) is 14.1. The zero-order valence-corrected chi connectivity index (χ0v) is 18.9. The first-order chi connectivity index (χ1) is 14.1. The van der Waals surface area contributed by atoms with E-state index in [1.807, 2.05) is 36.8 Å². The van der Waals surface area contributed by atoms with Crippen LogP contribution in [-0.2, 0) is 37.7 Å². The van der Waals surface area contributed by atoms with Gasteiger partial charge in [-0.15, -0.1) is 21.5 Å². The second-order valence-electron chi connectivity index (χ2n) is 7.38. The van der Waals surface area contributed by atoms with Gasteiger partial charge in [0.2, 0.25) is 0 Å². The molecule has 0 atom stereocenters. The minimum absolute atomic E-state index is 0.490. The van der Waals surface area contributed by atoms with Gasteiger partial charge >= 0.3 is 0 Å². The maximum atomic E-state index is 5.44. The van der Waals surface area contributed by atoms with Crippen LogP contribution in [0.5, 0.6) is 0 Å². The number of guanidine groups is 1. The van der Waals surface area contributed by atoms with E-state index in [1.54, 1.807) is 0 Å². The van der Waals surface area contributed by atoms with Gasteiger partial charge in [-0.2, -0.15) is 0 Å². The first kappa shape index (κ1) is 21.7. The summed E-state index contributed by atoms with van der Waals surface area (Å²) in [5.74, 6) is 2.60. The molecular formula is C20H33N7OS. The minimum Gasteiger partial charge on any atom is -0.382 e. The maximum absolute atomic E-state index is 5.44. The number of aryl methyl sites for hydroxylation is 3. The Bertz CT molecular complexity index is 790. The van der Waals surface area contributed by atoms with Crippen LogP contribution in [-0.4, -0.2) is 57.4 Å². The van der Waals surface area contributed by atoms with E-state index in [2.05, 4.69) is 27.5 Å². The molecule has 1 N–H and O–H groups in total. The number of thiazole rings is 1. The van der Waals surface area contributed by atoms with Gasteiger partial charge in [-0.1, -0.05) is 0 Å². The van der Waals surface area contributed by atoms with Crippen LogP contribution in [0.2, 0.25) is 0 Å². The van der Waals surface area contributed by atoms with E-state index in [1.165, 1.54) is 29.8 Å². The summed E-state index contributed by atoms with van der Waals surface area (Å²) >= 11 is 1.85. The van der Waals surface area contributed by atoms with E-state index in [4.69, 9.17) is 14.7 Å². The molecule has 2 aromatic heterocycles. The molecule has 2 aromatic rings. The molecular weight excluding hydrogens is 386 g/mol. The van der Waals surface area contributed by atoms with E-state index in [0.717, 1.165) is 61.8 Å². The second-order valence-corrected chi connectivity index (χ2v) is 8.55. The Hall–Kier alpha value is -2.00. The van der Waals surface area contributed by atoms with E-state index in [9.17, 15) is 0 Å². The summed E-state index contributed by atoms with van der Waals surface area (Å²) in [5, 5.41) is 13.0. The van der Waals surface area contributed by atoms with Gasteiger partial charge in [0.05, 0.1) is 12.2 Å². The quantitative estimate of drug-likeness (QED) is 0.382. The molecule has 3 rings (SSSR count). The Kier molecular flexibility index (Phi) is 8.00. The molecule has 0 bridgehead atoms. The summed E-state index contributed by atoms with van der Waals surface area (Å²) in [7, 11) is 4.04. The number of hydrogen-bond donors (Lipinski definition) is 1. The average molecular weight is 420 g/mol. The van der Waals surface area contributed by atoms with Crippen LogP contribution in [0.3, 0.4) is 0 Å². The van der Waals surface area contributed by atoms with Gasteiger partial charge in [0.25, 0.3) is 0 Å². The van der Waals surface area contributed by atoms with Crippen molar-refractivity contribution in [3.05, 3.63) is 27.2 Å². The Balaban J connectivity index is 1.65. The van der Waals surface area contributed by atoms with E-state index in [0.29, 0.717) is 6.54 Å². The summed E-state index contributed by atoms with van der Waals surface area (Å²) in [4.78, 5) is 13.3. The lowest BCUT2D eigenvalue weighted by Crippen LogP contribution is -2.39. The predicted octanol–water partition coefficient (Wildman–Crippen LogP) is 2.46. The van der Waals surface area contributed by atoms with Gasteiger partial charge < -0.3 is 19.5 Å². The molecule has 9 heteroatoms. The predicted molar refractivity (Wildman–Crippen MR) is 116 cm³/mol. The van der Waals surface area contributed by atoms with Crippen molar-refractivity contribution in [2.75, 3.05) is 26.8 Å². The van der Waals surface area contributed by atoms with E-state index >= 15 is 0 Å². The first-order valence-corrected chi connectivity index (χ1v) is 11.3. The van der Waals surface area contributed by atoms with Gasteiger partial charge in [-0.05, 0) is 46.0 Å². The van der Waals surface area contributed by atoms with Crippen molar-refractivity contribution in [1.29, 1.82) is 0 Å². The molecule has 0 spiro atoms. The number of nitrogens with one attached hydrogen (secondary N) is 1. The smallest absolute Gasteiger partial charge is 0.194 e. The van der Waals surface area contributed by atoms with Crippen molar-refractivity contribution in [3.63, 3.8) is 0 Å². The Labute approximate surface area is 177 Å². The highest BCUT2D eigenvalue weighted by atomic mass is 32.1. The van der Waals surface area contributed by atoms with Crippen LogP contribution in [0, 0.1) is 6.92 Å². The number of hydrogen-bond acceptors (Lipinski definition) is 6. The van der Waals surface area contributed by atoms with Crippen molar-refractivity contribution in [2.45, 2.75) is 59.0 Å². The minimum atomic E-state index is 0.490. The van der Waals surface area contributed by atoms with Crippen LogP contribution in [0.15, 0.2) is 4.99 Å². The summed E-state index contributed by atoms with van der Waals surface area (Å²) in [6, 6.07) is 0. The standard InChI is InChI=1S/C20H33N7OS/c1-5-28-12-8-11-21-20(22-13-18-25-24-15(2)27(18)4)26(3)14-19-23-16-9-6-7-10-17(16)29-19/h5-14H2,1-4H3,(H,21,22). The third-order valence-corrected chi connectivity index (χ3v) is 6.27. The van der Waals surface area contributed by atoms with Crippen molar-refractivity contribution in [2.24, 2.45) is 12.0 Å². The summed E-state index contributed by atoms with van der Waals surface area (Å²) in [5.41, 5.74) is 1.31. The number of aliphatic imine (C=N–C) groups is 1. The summed E-state index contributed by atoms with van der Waals surface area (Å²) in [6.07, 6.45) is 5.79. The van der Waals surface area contributed by atoms with Gasteiger partial charge in [0.15, 0.2) is 11.8 Å². The molecule has 8 nitrogen and oxygen atoms in total. The molecule has 0 fully saturated rings. The molecule has 0 aromatic carbocycles. The van der Waals surface area contributed by atoms with Crippen LogP contribution >= 0.6 is 11.3 Å². The van der Waals surface area contributed by atoms with Gasteiger partial charge in [-0.25, -0.2) is 9.98 Å². The largest absolute Gasteiger partial charge is 0.382 e. The molecule has 0 unspecified atom stereocenters. The van der Waals surface area contributed by atoms with Crippen molar-refractivity contribution < 1.29 is 4.74 Å². The monoisotopic (exact) mass is 419 g/mol. The molecule has 1 aliphatic rings. The summed E-state index contributed by atoms with van der Waals surface area (Å²) < 4.78 is 7.42. The van der Waals surface area contributed by atoms with Gasteiger partial charge in [0, 0.05) is 38.7 Å². The first-order valence-electron chi connectivity index (χ1n) is 10.5. The Morgan fingerprint density at radius 3 is 2.86 bits per heavy atom. The number of aromatic nitrogens is 4. The van der Waals surface area contributed by atoms with Gasteiger partial charge in [-0.3, -0.25) is 0 Å².